The lowest BCUT2D eigenvalue weighted by Crippen LogP contribution is -2.30. The summed E-state index contributed by atoms with van der Waals surface area (Å²) < 4.78 is 9.60. The van der Waals surface area contributed by atoms with Crippen molar-refractivity contribution >= 4 is 11.9 Å². The molecule has 1 atom stereocenters. The van der Waals surface area contributed by atoms with Crippen LogP contribution in [0.1, 0.15) is 27.2 Å². The van der Waals surface area contributed by atoms with E-state index in [0.29, 0.717) is 0 Å². The Morgan fingerprint density at radius 2 is 2.00 bits per heavy atom. The lowest BCUT2D eigenvalue weighted by molar-refractivity contribution is -0.159. The molecule has 1 heterocycles. The van der Waals surface area contributed by atoms with Crippen molar-refractivity contribution in [2.45, 2.75) is 38.9 Å². The summed E-state index contributed by atoms with van der Waals surface area (Å²) in [5.41, 5.74) is -0.422. The summed E-state index contributed by atoms with van der Waals surface area (Å²) in [4.78, 5) is 21.5. The van der Waals surface area contributed by atoms with Gasteiger partial charge in [-0.1, -0.05) is 0 Å². The summed E-state index contributed by atoms with van der Waals surface area (Å²) >= 11 is 0. The molecule has 4 heteroatoms. The van der Waals surface area contributed by atoms with Gasteiger partial charge >= 0.3 is 11.9 Å². The fourth-order valence-electron chi connectivity index (χ4n) is 0.971. The first-order valence-electron chi connectivity index (χ1n) is 3.81. The van der Waals surface area contributed by atoms with Crippen molar-refractivity contribution in [3.63, 3.8) is 0 Å². The van der Waals surface area contributed by atoms with Gasteiger partial charge in [-0.05, 0) is 20.8 Å². The summed E-state index contributed by atoms with van der Waals surface area (Å²) in [5.74, 6) is -1.08. The molecule has 1 saturated heterocycles. The molecule has 1 fully saturated rings. The summed E-state index contributed by atoms with van der Waals surface area (Å²) in [6, 6.07) is 0. The highest BCUT2D eigenvalue weighted by atomic mass is 16.6. The number of carbonyl (C=O) groups excluding carboxylic acids is 2. The Labute approximate surface area is 70.8 Å². The topological polar surface area (TPSA) is 52.6 Å². The van der Waals surface area contributed by atoms with Crippen molar-refractivity contribution in [3.8, 4) is 0 Å². The Bertz CT molecular complexity index is 214. The number of esters is 2. The lowest BCUT2D eigenvalue weighted by Gasteiger charge is -2.21. The fraction of sp³-hybridized carbons (Fsp3) is 0.750. The van der Waals surface area contributed by atoms with Gasteiger partial charge in [0.2, 0.25) is 0 Å². The molecule has 1 aliphatic heterocycles. The first kappa shape index (κ1) is 9.19. The third-order valence-electron chi connectivity index (χ3n) is 1.33. The minimum absolute atomic E-state index is 0.0378. The second kappa shape index (κ2) is 2.86. The van der Waals surface area contributed by atoms with E-state index in [0.717, 1.165) is 0 Å². The lowest BCUT2D eigenvalue weighted by atomic mass is 10.1. The smallest absolute Gasteiger partial charge is 0.343 e. The molecule has 4 nitrogen and oxygen atoms in total. The van der Waals surface area contributed by atoms with Crippen molar-refractivity contribution in [2.24, 2.45) is 0 Å². The molecule has 0 N–H and O–H groups in total. The Kier molecular flexibility index (Phi) is 2.19. The third-order valence-corrected chi connectivity index (χ3v) is 1.33. The molecule has 68 valence electrons. The summed E-state index contributed by atoms with van der Waals surface area (Å²) in [6.07, 6.45) is -0.673. The molecule has 1 rings (SSSR count). The standard InChI is InChI=1S/C8H12O4/c1-8(2,3)12-5-4-6(9)11-7(5)10/h5H,4H2,1-3H3/t5-/m0/s1. The van der Waals surface area contributed by atoms with Gasteiger partial charge in [0, 0.05) is 0 Å². The highest BCUT2D eigenvalue weighted by Crippen LogP contribution is 2.18. The predicted molar refractivity (Wildman–Crippen MR) is 40.3 cm³/mol. The van der Waals surface area contributed by atoms with E-state index in [2.05, 4.69) is 4.74 Å². The molecule has 0 saturated carbocycles. The second-order valence-electron chi connectivity index (χ2n) is 3.72. The van der Waals surface area contributed by atoms with Crippen LogP contribution in [-0.2, 0) is 19.1 Å². The SMILES string of the molecule is CC(C)(C)O[C@H]1CC(=O)OC1=O. The van der Waals surface area contributed by atoms with Crippen molar-refractivity contribution in [1.82, 2.24) is 0 Å². The van der Waals surface area contributed by atoms with Crippen molar-refractivity contribution in [3.05, 3.63) is 0 Å². The Balaban J connectivity index is 2.54. The van der Waals surface area contributed by atoms with Crippen LogP contribution < -0.4 is 0 Å². The first-order valence-corrected chi connectivity index (χ1v) is 3.81. The summed E-state index contributed by atoms with van der Waals surface area (Å²) in [5, 5.41) is 0. The van der Waals surface area contributed by atoms with Gasteiger partial charge in [-0.3, -0.25) is 4.79 Å². The van der Waals surface area contributed by atoms with Crippen LogP contribution in [0.25, 0.3) is 0 Å². The number of rotatable bonds is 1. The van der Waals surface area contributed by atoms with E-state index in [-0.39, 0.29) is 6.42 Å². The van der Waals surface area contributed by atoms with E-state index in [1.807, 2.05) is 20.8 Å². The largest absolute Gasteiger partial charge is 0.391 e. The number of carbonyl (C=O) groups is 2. The van der Waals surface area contributed by atoms with Crippen molar-refractivity contribution in [1.29, 1.82) is 0 Å². The van der Waals surface area contributed by atoms with E-state index < -0.39 is 23.6 Å². The monoisotopic (exact) mass is 172 g/mol. The van der Waals surface area contributed by atoms with Gasteiger partial charge in [0.1, 0.15) is 0 Å². The summed E-state index contributed by atoms with van der Waals surface area (Å²) in [6.45, 7) is 5.47. The summed E-state index contributed by atoms with van der Waals surface area (Å²) in [7, 11) is 0. The zero-order valence-electron chi connectivity index (χ0n) is 7.42. The highest BCUT2D eigenvalue weighted by Gasteiger charge is 2.36. The van der Waals surface area contributed by atoms with Crippen LogP contribution in [0.2, 0.25) is 0 Å². The second-order valence-corrected chi connectivity index (χ2v) is 3.72. The first-order chi connectivity index (χ1) is 5.38. The number of cyclic esters (lactones) is 2. The number of hydrogen-bond donors (Lipinski definition) is 0. The van der Waals surface area contributed by atoms with Gasteiger partial charge in [0.25, 0.3) is 0 Å². The molecule has 0 bridgehead atoms. The van der Waals surface area contributed by atoms with Gasteiger partial charge in [0.05, 0.1) is 12.0 Å². The molecular weight excluding hydrogens is 160 g/mol. The molecular formula is C8H12O4. The van der Waals surface area contributed by atoms with E-state index >= 15 is 0 Å². The van der Waals surface area contributed by atoms with Gasteiger partial charge in [-0.2, -0.15) is 0 Å². The molecule has 0 aliphatic carbocycles. The van der Waals surface area contributed by atoms with Gasteiger partial charge < -0.3 is 9.47 Å². The highest BCUT2D eigenvalue weighted by molar-refractivity contribution is 5.96. The maximum Gasteiger partial charge on any atom is 0.343 e. The van der Waals surface area contributed by atoms with Gasteiger partial charge in [-0.25, -0.2) is 4.79 Å². The van der Waals surface area contributed by atoms with Gasteiger partial charge in [0.15, 0.2) is 6.10 Å². The minimum Gasteiger partial charge on any atom is -0.391 e. The average Bonchev–Trinajstić information content (AvgIpc) is 2.06. The zero-order chi connectivity index (χ0) is 9.35. The number of hydrogen-bond acceptors (Lipinski definition) is 4. The Morgan fingerprint density at radius 1 is 1.42 bits per heavy atom. The normalized spacial score (nSPS) is 24.4. The number of ether oxygens (including phenoxy) is 2. The zero-order valence-corrected chi connectivity index (χ0v) is 7.42. The third kappa shape index (κ3) is 2.30. The molecule has 0 aromatic rings. The molecule has 0 amide bonds. The predicted octanol–water partition coefficient (Wildman–Crippen LogP) is 0.644. The molecule has 0 unspecified atom stereocenters. The quantitative estimate of drug-likeness (QED) is 0.430. The van der Waals surface area contributed by atoms with Crippen LogP contribution in [-0.4, -0.2) is 23.6 Å². The van der Waals surface area contributed by atoms with Gasteiger partial charge in [-0.15, -0.1) is 0 Å². The Hall–Kier alpha value is -0.900. The molecule has 12 heavy (non-hydrogen) atoms. The maximum atomic E-state index is 10.9. The van der Waals surface area contributed by atoms with Crippen molar-refractivity contribution in [2.75, 3.05) is 0 Å². The molecule has 1 aliphatic rings. The van der Waals surface area contributed by atoms with Crippen LogP contribution in [0.4, 0.5) is 0 Å². The molecule has 0 aromatic heterocycles. The van der Waals surface area contributed by atoms with Crippen molar-refractivity contribution < 1.29 is 19.1 Å². The van der Waals surface area contributed by atoms with E-state index in [4.69, 9.17) is 4.74 Å². The fourth-order valence-corrected chi connectivity index (χ4v) is 0.971. The molecule has 0 spiro atoms. The molecule has 0 aromatic carbocycles. The van der Waals surface area contributed by atoms with E-state index in [1.54, 1.807) is 0 Å². The van der Waals surface area contributed by atoms with Crippen LogP contribution in [0, 0.1) is 0 Å². The Morgan fingerprint density at radius 3 is 2.33 bits per heavy atom. The van der Waals surface area contributed by atoms with E-state index in [1.165, 1.54) is 0 Å². The van der Waals surface area contributed by atoms with Crippen LogP contribution in [0.3, 0.4) is 0 Å². The average molecular weight is 172 g/mol. The van der Waals surface area contributed by atoms with Crippen LogP contribution in [0.15, 0.2) is 0 Å². The van der Waals surface area contributed by atoms with Crippen LogP contribution >= 0.6 is 0 Å². The van der Waals surface area contributed by atoms with E-state index in [9.17, 15) is 9.59 Å². The minimum atomic E-state index is -0.711. The maximum absolute atomic E-state index is 10.9. The molecule has 0 radical (unpaired) electrons. The van der Waals surface area contributed by atoms with Crippen LogP contribution in [0.5, 0.6) is 0 Å².